The number of pyridine rings is 1. The van der Waals surface area contributed by atoms with Crippen molar-refractivity contribution in [2.24, 2.45) is 0 Å². The third-order valence-corrected chi connectivity index (χ3v) is 3.26. The van der Waals surface area contributed by atoms with Gasteiger partial charge in [-0.2, -0.15) is 0 Å². The van der Waals surface area contributed by atoms with Crippen LogP contribution in [0.25, 0.3) is 10.9 Å². The minimum atomic E-state index is -0.246. The van der Waals surface area contributed by atoms with Gasteiger partial charge in [0.1, 0.15) is 18.2 Å². The van der Waals surface area contributed by atoms with Gasteiger partial charge in [-0.15, -0.1) is 0 Å². The third kappa shape index (κ3) is 2.48. The molecule has 0 atom stereocenters. The van der Waals surface area contributed by atoms with Gasteiger partial charge in [0.05, 0.1) is 5.52 Å². The number of aryl methyl sites for hydroxylation is 1. The highest BCUT2D eigenvalue weighted by molar-refractivity contribution is 5.81. The number of halogens is 1. The van der Waals surface area contributed by atoms with Gasteiger partial charge in [-0.1, -0.05) is 18.2 Å². The summed E-state index contributed by atoms with van der Waals surface area (Å²) in [6, 6.07) is 14.4. The first-order chi connectivity index (χ1) is 9.74. The maximum Gasteiger partial charge on any atom is 0.123 e. The first kappa shape index (κ1) is 12.6. The second-order valence-electron chi connectivity index (χ2n) is 4.69. The lowest BCUT2D eigenvalue weighted by Crippen LogP contribution is -1.98. The molecular weight excluding hydrogens is 253 g/mol. The minimum Gasteiger partial charge on any atom is -0.489 e. The molecule has 3 aromatic rings. The summed E-state index contributed by atoms with van der Waals surface area (Å²) in [6.45, 7) is 2.28. The summed E-state index contributed by atoms with van der Waals surface area (Å²) < 4.78 is 18.8. The molecule has 1 aromatic heterocycles. The number of hydrogen-bond acceptors (Lipinski definition) is 2. The zero-order chi connectivity index (χ0) is 13.9. The highest BCUT2D eigenvalue weighted by atomic mass is 19.1. The molecule has 2 aromatic carbocycles. The van der Waals surface area contributed by atoms with Crippen LogP contribution in [0.1, 0.15) is 11.1 Å². The Morgan fingerprint density at radius 3 is 2.80 bits per heavy atom. The summed E-state index contributed by atoms with van der Waals surface area (Å²) in [5.41, 5.74) is 2.81. The Morgan fingerprint density at radius 2 is 1.95 bits per heavy atom. The first-order valence-corrected chi connectivity index (χ1v) is 6.45. The molecule has 0 aliphatic rings. The quantitative estimate of drug-likeness (QED) is 0.707. The predicted octanol–water partition coefficient (Wildman–Crippen LogP) is 4.26. The summed E-state index contributed by atoms with van der Waals surface area (Å²) >= 11 is 0. The maximum absolute atomic E-state index is 13.1. The normalized spacial score (nSPS) is 10.7. The van der Waals surface area contributed by atoms with Crippen molar-refractivity contribution in [3.05, 3.63) is 71.7 Å². The molecule has 0 bridgehead atoms. The van der Waals surface area contributed by atoms with Gasteiger partial charge in [0, 0.05) is 17.1 Å². The average molecular weight is 267 g/mol. The van der Waals surface area contributed by atoms with E-state index < -0.39 is 0 Å². The molecule has 0 saturated carbocycles. The molecular formula is C17H14FNO. The summed E-state index contributed by atoms with van der Waals surface area (Å²) in [5, 5.41) is 1.08. The van der Waals surface area contributed by atoms with E-state index in [1.807, 2.05) is 37.3 Å². The largest absolute Gasteiger partial charge is 0.489 e. The van der Waals surface area contributed by atoms with E-state index in [4.69, 9.17) is 4.74 Å². The number of fused-ring (bicyclic) bond motifs is 1. The van der Waals surface area contributed by atoms with Gasteiger partial charge in [-0.25, -0.2) is 4.39 Å². The van der Waals surface area contributed by atoms with E-state index in [1.165, 1.54) is 12.1 Å². The minimum absolute atomic E-state index is 0.246. The zero-order valence-corrected chi connectivity index (χ0v) is 11.1. The predicted molar refractivity (Wildman–Crippen MR) is 77.2 cm³/mol. The monoisotopic (exact) mass is 267 g/mol. The second-order valence-corrected chi connectivity index (χ2v) is 4.69. The smallest absolute Gasteiger partial charge is 0.123 e. The van der Waals surface area contributed by atoms with Gasteiger partial charge >= 0.3 is 0 Å². The van der Waals surface area contributed by atoms with E-state index in [2.05, 4.69) is 4.98 Å². The average Bonchev–Trinajstić information content (AvgIpc) is 2.46. The topological polar surface area (TPSA) is 22.1 Å². The van der Waals surface area contributed by atoms with Gasteiger partial charge in [0.2, 0.25) is 0 Å². The summed E-state index contributed by atoms with van der Waals surface area (Å²) in [5.74, 6) is 0.455. The molecule has 1 heterocycles. The Balaban J connectivity index is 1.87. The van der Waals surface area contributed by atoms with Gasteiger partial charge in [0.15, 0.2) is 0 Å². The van der Waals surface area contributed by atoms with E-state index in [-0.39, 0.29) is 5.82 Å². The molecule has 0 radical (unpaired) electrons. The van der Waals surface area contributed by atoms with E-state index in [1.54, 1.807) is 12.3 Å². The molecule has 0 unspecified atom stereocenters. The number of hydrogen-bond donors (Lipinski definition) is 0. The Labute approximate surface area is 116 Å². The molecule has 3 rings (SSSR count). The summed E-state index contributed by atoms with van der Waals surface area (Å²) in [6.07, 6.45) is 1.78. The molecule has 20 heavy (non-hydrogen) atoms. The third-order valence-electron chi connectivity index (χ3n) is 3.26. The van der Waals surface area contributed by atoms with Gasteiger partial charge in [0.25, 0.3) is 0 Å². The fourth-order valence-electron chi connectivity index (χ4n) is 2.21. The highest BCUT2D eigenvalue weighted by Gasteiger charge is 2.04. The number of para-hydroxylation sites is 1. The van der Waals surface area contributed by atoms with Crippen molar-refractivity contribution in [2.75, 3.05) is 0 Å². The molecule has 0 spiro atoms. The molecule has 100 valence electrons. The molecule has 0 aliphatic carbocycles. The fourth-order valence-corrected chi connectivity index (χ4v) is 2.21. The number of benzene rings is 2. The number of nitrogens with zero attached hydrogens (tertiary/aromatic N) is 1. The first-order valence-electron chi connectivity index (χ1n) is 6.45. The van der Waals surface area contributed by atoms with Crippen LogP contribution < -0.4 is 4.74 Å². The van der Waals surface area contributed by atoms with Crippen molar-refractivity contribution in [1.29, 1.82) is 0 Å². The Hall–Kier alpha value is -2.42. The van der Waals surface area contributed by atoms with Crippen LogP contribution in [0.4, 0.5) is 4.39 Å². The zero-order valence-electron chi connectivity index (χ0n) is 11.1. The van der Waals surface area contributed by atoms with Crippen LogP contribution in [0, 0.1) is 12.7 Å². The fraction of sp³-hybridized carbons (Fsp3) is 0.118. The number of rotatable bonds is 3. The highest BCUT2D eigenvalue weighted by Crippen LogP contribution is 2.22. The molecule has 3 heteroatoms. The standard InChI is InChI=1S/C17H14FNO/c1-12-10-14(18)6-7-17(12)20-11-13-8-9-19-16-5-3-2-4-15(13)16/h2-10H,11H2,1H3. The van der Waals surface area contributed by atoms with Crippen LogP contribution in [-0.4, -0.2) is 4.98 Å². The van der Waals surface area contributed by atoms with E-state index in [9.17, 15) is 4.39 Å². The van der Waals surface area contributed by atoms with Crippen LogP contribution in [-0.2, 0) is 6.61 Å². The maximum atomic E-state index is 13.1. The lowest BCUT2D eigenvalue weighted by Gasteiger charge is -2.10. The molecule has 0 amide bonds. The van der Waals surface area contributed by atoms with Crippen LogP contribution in [0.3, 0.4) is 0 Å². The van der Waals surface area contributed by atoms with Gasteiger partial charge in [-0.3, -0.25) is 4.98 Å². The van der Waals surface area contributed by atoms with E-state index in [0.29, 0.717) is 12.4 Å². The van der Waals surface area contributed by atoms with Crippen molar-refractivity contribution in [3.63, 3.8) is 0 Å². The lowest BCUT2D eigenvalue weighted by atomic mass is 10.1. The Morgan fingerprint density at radius 1 is 1.10 bits per heavy atom. The van der Waals surface area contributed by atoms with Crippen LogP contribution >= 0.6 is 0 Å². The van der Waals surface area contributed by atoms with E-state index in [0.717, 1.165) is 22.0 Å². The van der Waals surface area contributed by atoms with Crippen molar-refractivity contribution in [2.45, 2.75) is 13.5 Å². The molecule has 0 N–H and O–H groups in total. The van der Waals surface area contributed by atoms with Crippen LogP contribution in [0.15, 0.2) is 54.7 Å². The molecule has 0 saturated heterocycles. The van der Waals surface area contributed by atoms with Gasteiger partial charge in [-0.05, 0) is 42.8 Å². The van der Waals surface area contributed by atoms with Crippen LogP contribution in [0.5, 0.6) is 5.75 Å². The SMILES string of the molecule is Cc1cc(F)ccc1OCc1ccnc2ccccc12. The van der Waals surface area contributed by atoms with Crippen molar-refractivity contribution < 1.29 is 9.13 Å². The van der Waals surface area contributed by atoms with Gasteiger partial charge < -0.3 is 4.74 Å². The number of aromatic nitrogens is 1. The van der Waals surface area contributed by atoms with Crippen molar-refractivity contribution in [3.8, 4) is 5.75 Å². The molecule has 0 aliphatic heterocycles. The summed E-state index contributed by atoms with van der Waals surface area (Å²) in [7, 11) is 0. The van der Waals surface area contributed by atoms with E-state index >= 15 is 0 Å². The van der Waals surface area contributed by atoms with Crippen molar-refractivity contribution >= 4 is 10.9 Å². The summed E-state index contributed by atoms with van der Waals surface area (Å²) in [4.78, 5) is 4.32. The van der Waals surface area contributed by atoms with Crippen LogP contribution in [0.2, 0.25) is 0 Å². The Kier molecular flexibility index (Phi) is 3.33. The lowest BCUT2D eigenvalue weighted by molar-refractivity contribution is 0.305. The Bertz CT molecular complexity index is 750. The molecule has 0 fully saturated rings. The number of ether oxygens (including phenoxy) is 1. The molecule has 2 nitrogen and oxygen atoms in total. The second kappa shape index (κ2) is 5.29. The van der Waals surface area contributed by atoms with Crippen molar-refractivity contribution in [1.82, 2.24) is 4.98 Å².